The summed E-state index contributed by atoms with van der Waals surface area (Å²) < 4.78 is 5.13. The molecule has 0 bridgehead atoms. The number of ether oxygens (including phenoxy) is 1. The summed E-state index contributed by atoms with van der Waals surface area (Å²) in [4.78, 5) is 15.8. The fourth-order valence-electron chi connectivity index (χ4n) is 1.73. The summed E-state index contributed by atoms with van der Waals surface area (Å²) >= 11 is 0. The zero-order valence-corrected chi connectivity index (χ0v) is 10.8. The highest BCUT2D eigenvalue weighted by molar-refractivity contribution is 5.78. The molecule has 98 valence electrons. The van der Waals surface area contributed by atoms with Crippen LogP contribution in [0.3, 0.4) is 0 Å². The predicted molar refractivity (Wildman–Crippen MR) is 72.8 cm³/mol. The maximum atomic E-state index is 11.8. The average Bonchev–Trinajstić information content (AvgIpc) is 2.46. The van der Waals surface area contributed by atoms with E-state index in [1.54, 1.807) is 19.5 Å². The topological polar surface area (TPSA) is 51.2 Å². The van der Waals surface area contributed by atoms with Crippen molar-refractivity contribution in [1.82, 2.24) is 10.3 Å². The minimum Gasteiger partial charge on any atom is -0.497 e. The number of pyridine rings is 1. The molecule has 4 heteroatoms. The molecule has 0 saturated carbocycles. The lowest BCUT2D eigenvalue weighted by Gasteiger charge is -2.06. The summed E-state index contributed by atoms with van der Waals surface area (Å²) in [6.45, 7) is 0.519. The number of aromatic nitrogens is 1. The van der Waals surface area contributed by atoms with E-state index in [0.29, 0.717) is 13.0 Å². The van der Waals surface area contributed by atoms with E-state index in [2.05, 4.69) is 10.3 Å². The van der Waals surface area contributed by atoms with Crippen LogP contribution < -0.4 is 10.1 Å². The SMILES string of the molecule is COc1cccc(CC(=O)NCc2ccncc2)c1. The van der Waals surface area contributed by atoms with Crippen LogP contribution in [0.1, 0.15) is 11.1 Å². The molecule has 1 aromatic heterocycles. The molecular weight excluding hydrogens is 240 g/mol. The van der Waals surface area contributed by atoms with E-state index >= 15 is 0 Å². The number of benzene rings is 1. The lowest BCUT2D eigenvalue weighted by molar-refractivity contribution is -0.120. The number of carbonyl (C=O) groups excluding carboxylic acids is 1. The normalized spacial score (nSPS) is 9.95. The third-order valence-electron chi connectivity index (χ3n) is 2.74. The second kappa shape index (κ2) is 6.54. The molecule has 0 saturated heterocycles. The highest BCUT2D eigenvalue weighted by Gasteiger charge is 2.04. The molecule has 0 fully saturated rings. The van der Waals surface area contributed by atoms with Crippen LogP contribution >= 0.6 is 0 Å². The van der Waals surface area contributed by atoms with Crippen molar-refractivity contribution >= 4 is 5.91 Å². The van der Waals surface area contributed by atoms with Gasteiger partial charge in [-0.2, -0.15) is 0 Å². The average molecular weight is 256 g/mol. The molecule has 0 atom stereocenters. The lowest BCUT2D eigenvalue weighted by Crippen LogP contribution is -2.24. The highest BCUT2D eigenvalue weighted by Crippen LogP contribution is 2.12. The molecule has 2 aromatic rings. The van der Waals surface area contributed by atoms with Crippen LogP contribution in [0.4, 0.5) is 0 Å². The molecule has 1 amide bonds. The van der Waals surface area contributed by atoms with Gasteiger partial charge in [0.15, 0.2) is 0 Å². The Labute approximate surface area is 112 Å². The Hall–Kier alpha value is -2.36. The number of nitrogens with one attached hydrogen (secondary N) is 1. The third kappa shape index (κ3) is 4.10. The number of hydrogen-bond donors (Lipinski definition) is 1. The molecular formula is C15H16N2O2. The van der Waals surface area contributed by atoms with Crippen molar-refractivity contribution in [3.63, 3.8) is 0 Å². The van der Waals surface area contributed by atoms with E-state index in [-0.39, 0.29) is 5.91 Å². The Morgan fingerprint density at radius 1 is 1.21 bits per heavy atom. The van der Waals surface area contributed by atoms with E-state index in [9.17, 15) is 4.79 Å². The van der Waals surface area contributed by atoms with Gasteiger partial charge in [-0.25, -0.2) is 0 Å². The Bertz CT molecular complexity index is 541. The van der Waals surface area contributed by atoms with E-state index in [1.807, 2.05) is 36.4 Å². The van der Waals surface area contributed by atoms with Crippen molar-refractivity contribution < 1.29 is 9.53 Å². The Balaban J connectivity index is 1.87. The molecule has 0 aliphatic carbocycles. The second-order valence-corrected chi connectivity index (χ2v) is 4.16. The standard InChI is InChI=1S/C15H16N2O2/c1-19-14-4-2-3-13(9-14)10-15(18)17-11-12-5-7-16-8-6-12/h2-9H,10-11H2,1H3,(H,17,18). The number of carbonyl (C=O) groups is 1. The van der Waals surface area contributed by atoms with Gasteiger partial charge < -0.3 is 10.1 Å². The molecule has 2 rings (SSSR count). The van der Waals surface area contributed by atoms with Crippen LogP contribution in [0.25, 0.3) is 0 Å². The number of hydrogen-bond acceptors (Lipinski definition) is 3. The molecule has 0 unspecified atom stereocenters. The van der Waals surface area contributed by atoms with Crippen molar-refractivity contribution in [2.24, 2.45) is 0 Å². The maximum absolute atomic E-state index is 11.8. The maximum Gasteiger partial charge on any atom is 0.224 e. The van der Waals surface area contributed by atoms with Crippen molar-refractivity contribution in [3.8, 4) is 5.75 Å². The van der Waals surface area contributed by atoms with Crippen LogP contribution in [0.2, 0.25) is 0 Å². The fraction of sp³-hybridized carbons (Fsp3) is 0.200. The zero-order chi connectivity index (χ0) is 13.5. The second-order valence-electron chi connectivity index (χ2n) is 4.16. The molecule has 4 nitrogen and oxygen atoms in total. The molecule has 1 N–H and O–H groups in total. The Kier molecular flexibility index (Phi) is 4.50. The van der Waals surface area contributed by atoms with Crippen molar-refractivity contribution in [3.05, 3.63) is 59.9 Å². The number of methoxy groups -OCH3 is 1. The van der Waals surface area contributed by atoms with Gasteiger partial charge in [-0.15, -0.1) is 0 Å². The first-order chi connectivity index (χ1) is 9.28. The largest absolute Gasteiger partial charge is 0.497 e. The van der Waals surface area contributed by atoms with Crippen molar-refractivity contribution in [1.29, 1.82) is 0 Å². The lowest BCUT2D eigenvalue weighted by atomic mass is 10.1. The van der Waals surface area contributed by atoms with Crippen LogP contribution in [0.5, 0.6) is 5.75 Å². The first-order valence-corrected chi connectivity index (χ1v) is 6.06. The first-order valence-electron chi connectivity index (χ1n) is 6.06. The summed E-state index contributed by atoms with van der Waals surface area (Å²) in [6.07, 6.45) is 3.77. The minimum atomic E-state index is -0.00920. The van der Waals surface area contributed by atoms with Gasteiger partial charge in [-0.05, 0) is 35.4 Å². The van der Waals surface area contributed by atoms with E-state index in [1.165, 1.54) is 0 Å². The molecule has 0 aliphatic heterocycles. The Morgan fingerprint density at radius 3 is 2.74 bits per heavy atom. The van der Waals surface area contributed by atoms with E-state index in [4.69, 9.17) is 4.74 Å². The third-order valence-corrected chi connectivity index (χ3v) is 2.74. The van der Waals surface area contributed by atoms with E-state index in [0.717, 1.165) is 16.9 Å². The summed E-state index contributed by atoms with van der Waals surface area (Å²) in [5, 5.41) is 2.88. The van der Waals surface area contributed by atoms with Gasteiger partial charge in [-0.3, -0.25) is 9.78 Å². The quantitative estimate of drug-likeness (QED) is 0.889. The van der Waals surface area contributed by atoms with Crippen molar-refractivity contribution in [2.45, 2.75) is 13.0 Å². The summed E-state index contributed by atoms with van der Waals surface area (Å²) in [7, 11) is 1.61. The van der Waals surface area contributed by atoms with Gasteiger partial charge in [-0.1, -0.05) is 12.1 Å². The van der Waals surface area contributed by atoms with Crippen molar-refractivity contribution in [2.75, 3.05) is 7.11 Å². The molecule has 0 radical (unpaired) electrons. The van der Waals surface area contributed by atoms with Gasteiger partial charge >= 0.3 is 0 Å². The van der Waals surface area contributed by atoms with Gasteiger partial charge in [0.1, 0.15) is 5.75 Å². The molecule has 0 aliphatic rings. The minimum absolute atomic E-state index is 0.00920. The smallest absolute Gasteiger partial charge is 0.224 e. The van der Waals surface area contributed by atoms with Gasteiger partial charge in [0.25, 0.3) is 0 Å². The van der Waals surface area contributed by atoms with Crippen LogP contribution in [-0.2, 0) is 17.8 Å². The van der Waals surface area contributed by atoms with Crippen LogP contribution in [0.15, 0.2) is 48.8 Å². The van der Waals surface area contributed by atoms with Gasteiger partial charge in [0, 0.05) is 18.9 Å². The fourth-order valence-corrected chi connectivity index (χ4v) is 1.73. The van der Waals surface area contributed by atoms with Crippen LogP contribution in [-0.4, -0.2) is 18.0 Å². The number of amides is 1. The zero-order valence-electron chi connectivity index (χ0n) is 10.8. The molecule has 1 heterocycles. The highest BCUT2D eigenvalue weighted by atomic mass is 16.5. The first kappa shape index (κ1) is 13.1. The van der Waals surface area contributed by atoms with Crippen LogP contribution in [0, 0.1) is 0 Å². The Morgan fingerprint density at radius 2 is 2.00 bits per heavy atom. The monoisotopic (exact) mass is 256 g/mol. The molecule has 0 spiro atoms. The summed E-state index contributed by atoms with van der Waals surface area (Å²) in [6, 6.07) is 11.3. The summed E-state index contributed by atoms with van der Waals surface area (Å²) in [5.41, 5.74) is 1.97. The van der Waals surface area contributed by atoms with E-state index < -0.39 is 0 Å². The number of nitrogens with zero attached hydrogens (tertiary/aromatic N) is 1. The number of rotatable bonds is 5. The van der Waals surface area contributed by atoms with Gasteiger partial charge in [0.05, 0.1) is 13.5 Å². The molecule has 19 heavy (non-hydrogen) atoms. The molecule has 1 aromatic carbocycles. The van der Waals surface area contributed by atoms with Gasteiger partial charge in [0.2, 0.25) is 5.91 Å². The summed E-state index contributed by atoms with van der Waals surface area (Å²) in [5.74, 6) is 0.754. The predicted octanol–water partition coefficient (Wildman–Crippen LogP) is 1.95.